The fraction of sp³-hybridized carbons (Fsp3) is 0. The summed E-state index contributed by atoms with van der Waals surface area (Å²) < 4.78 is 6.24. The molecule has 0 radical (unpaired) electrons. The topological polar surface area (TPSA) is 38.9 Å². The predicted octanol–water partition coefficient (Wildman–Crippen LogP) is 9.17. The second-order valence-corrected chi connectivity index (χ2v) is 9.41. The second-order valence-electron chi connectivity index (χ2n) is 9.41. The van der Waals surface area contributed by atoms with Gasteiger partial charge in [0.05, 0.1) is 22.4 Å². The van der Waals surface area contributed by atoms with Crippen molar-refractivity contribution in [2.45, 2.75) is 0 Å². The molecule has 3 heterocycles. The van der Waals surface area contributed by atoms with E-state index < -0.39 is 0 Å². The number of hydrogen-bond acceptors (Lipinski definition) is 3. The maximum Gasteiger partial charge on any atom is 0.136 e. The Bertz CT molecular complexity index is 2160. The number of para-hydroxylation sites is 3. The standard InChI is InChI=1S/C34H20N2O/c1-4-13-27-21(8-1)16-18-28(35-27)22-9-7-10-23(20-22)34-26-17-19-31-33(25-12-3-6-15-30(25)37-31)32(26)24-11-2-5-14-29(24)36-34/h1-20H. The molecule has 0 aliphatic rings. The van der Waals surface area contributed by atoms with E-state index in [1.807, 2.05) is 30.3 Å². The lowest BCUT2D eigenvalue weighted by atomic mass is 9.95. The molecule has 3 nitrogen and oxygen atoms in total. The lowest BCUT2D eigenvalue weighted by Crippen LogP contribution is -1.91. The molecule has 0 atom stereocenters. The molecule has 0 aliphatic carbocycles. The van der Waals surface area contributed by atoms with Crippen LogP contribution in [-0.4, -0.2) is 9.97 Å². The van der Waals surface area contributed by atoms with E-state index >= 15 is 0 Å². The van der Waals surface area contributed by atoms with Gasteiger partial charge in [-0.3, -0.25) is 0 Å². The van der Waals surface area contributed by atoms with Crippen molar-refractivity contribution in [1.29, 1.82) is 0 Å². The summed E-state index contributed by atoms with van der Waals surface area (Å²) in [5.41, 5.74) is 7.81. The molecule has 37 heavy (non-hydrogen) atoms. The number of hydrogen-bond donors (Lipinski definition) is 0. The van der Waals surface area contributed by atoms with Crippen molar-refractivity contribution in [3.63, 3.8) is 0 Å². The van der Waals surface area contributed by atoms with Crippen LogP contribution in [0.3, 0.4) is 0 Å². The Labute approximate surface area is 212 Å². The zero-order valence-electron chi connectivity index (χ0n) is 19.8. The molecule has 172 valence electrons. The minimum Gasteiger partial charge on any atom is -0.456 e. The summed E-state index contributed by atoms with van der Waals surface area (Å²) in [6.45, 7) is 0. The average molecular weight is 473 g/mol. The summed E-state index contributed by atoms with van der Waals surface area (Å²) in [7, 11) is 0. The van der Waals surface area contributed by atoms with Gasteiger partial charge < -0.3 is 4.42 Å². The highest BCUT2D eigenvalue weighted by atomic mass is 16.3. The molecule has 8 aromatic rings. The number of nitrogens with zero attached hydrogens (tertiary/aromatic N) is 2. The van der Waals surface area contributed by atoms with Gasteiger partial charge in [-0.2, -0.15) is 0 Å². The number of furan rings is 1. The molecule has 0 spiro atoms. The maximum absolute atomic E-state index is 6.24. The fourth-order valence-electron chi connectivity index (χ4n) is 5.53. The first-order valence-electron chi connectivity index (χ1n) is 12.4. The van der Waals surface area contributed by atoms with E-state index in [9.17, 15) is 0 Å². The minimum atomic E-state index is 0.894. The van der Waals surface area contributed by atoms with Crippen molar-refractivity contribution < 1.29 is 4.42 Å². The highest BCUT2D eigenvalue weighted by Crippen LogP contribution is 2.41. The first-order valence-corrected chi connectivity index (χ1v) is 12.4. The van der Waals surface area contributed by atoms with Crippen molar-refractivity contribution in [2.24, 2.45) is 0 Å². The predicted molar refractivity (Wildman–Crippen MR) is 153 cm³/mol. The summed E-state index contributed by atoms with van der Waals surface area (Å²) in [5.74, 6) is 0. The van der Waals surface area contributed by atoms with Crippen molar-refractivity contribution in [3.05, 3.63) is 121 Å². The van der Waals surface area contributed by atoms with Gasteiger partial charge in [0.15, 0.2) is 0 Å². The van der Waals surface area contributed by atoms with Crippen LogP contribution in [0.15, 0.2) is 126 Å². The van der Waals surface area contributed by atoms with Gasteiger partial charge in [0.2, 0.25) is 0 Å². The van der Waals surface area contributed by atoms with Crippen molar-refractivity contribution in [1.82, 2.24) is 9.97 Å². The highest BCUT2D eigenvalue weighted by molar-refractivity contribution is 6.28. The molecule has 3 aromatic heterocycles. The Hall–Kier alpha value is -5.02. The highest BCUT2D eigenvalue weighted by Gasteiger charge is 2.17. The molecular formula is C34H20N2O. The Morgan fingerprint density at radius 1 is 0.459 bits per heavy atom. The summed E-state index contributed by atoms with van der Waals surface area (Å²) in [5, 5.41) is 6.82. The van der Waals surface area contributed by atoms with Gasteiger partial charge in [-0.25, -0.2) is 9.97 Å². The molecule has 0 aliphatic heterocycles. The third kappa shape index (κ3) is 3.08. The zero-order chi connectivity index (χ0) is 24.3. The van der Waals surface area contributed by atoms with Gasteiger partial charge in [-0.1, -0.05) is 78.9 Å². The smallest absolute Gasteiger partial charge is 0.136 e. The lowest BCUT2D eigenvalue weighted by molar-refractivity contribution is 0.669. The van der Waals surface area contributed by atoms with Crippen molar-refractivity contribution >= 4 is 54.5 Å². The number of fused-ring (bicyclic) bond motifs is 8. The van der Waals surface area contributed by atoms with E-state index in [0.29, 0.717) is 0 Å². The fourth-order valence-corrected chi connectivity index (χ4v) is 5.53. The molecular weight excluding hydrogens is 452 g/mol. The molecule has 0 bridgehead atoms. The van der Waals surface area contributed by atoms with E-state index in [1.165, 1.54) is 5.39 Å². The molecule has 0 N–H and O–H groups in total. The minimum absolute atomic E-state index is 0.894. The summed E-state index contributed by atoms with van der Waals surface area (Å²) in [4.78, 5) is 10.1. The van der Waals surface area contributed by atoms with Crippen LogP contribution in [-0.2, 0) is 0 Å². The Morgan fingerprint density at radius 2 is 1.24 bits per heavy atom. The van der Waals surface area contributed by atoms with E-state index in [-0.39, 0.29) is 0 Å². The summed E-state index contributed by atoms with van der Waals surface area (Å²) in [6, 6.07) is 41.9. The first kappa shape index (κ1) is 20.2. The van der Waals surface area contributed by atoms with Crippen molar-refractivity contribution in [2.75, 3.05) is 0 Å². The SMILES string of the molecule is c1cc(-c2ccc3ccccc3n2)cc(-c2nc3ccccc3c3c2ccc2oc4ccccc4c23)c1. The van der Waals surface area contributed by atoms with E-state index in [0.717, 1.165) is 71.6 Å². The lowest BCUT2D eigenvalue weighted by Gasteiger charge is -2.12. The van der Waals surface area contributed by atoms with Crippen LogP contribution in [0.1, 0.15) is 0 Å². The Balaban J connectivity index is 1.43. The van der Waals surface area contributed by atoms with Gasteiger partial charge in [0, 0.05) is 43.4 Å². The number of pyridine rings is 2. The van der Waals surface area contributed by atoms with E-state index in [1.54, 1.807) is 0 Å². The third-order valence-electron chi connectivity index (χ3n) is 7.23. The first-order chi connectivity index (χ1) is 18.3. The number of rotatable bonds is 2. The van der Waals surface area contributed by atoms with Crippen LogP contribution in [0, 0.1) is 0 Å². The summed E-state index contributed by atoms with van der Waals surface area (Å²) in [6.07, 6.45) is 0. The Morgan fingerprint density at radius 3 is 2.19 bits per heavy atom. The van der Waals surface area contributed by atoms with Crippen LogP contribution in [0.25, 0.3) is 77.0 Å². The van der Waals surface area contributed by atoms with Crippen LogP contribution in [0.4, 0.5) is 0 Å². The van der Waals surface area contributed by atoms with Gasteiger partial charge in [-0.15, -0.1) is 0 Å². The molecule has 0 unspecified atom stereocenters. The molecule has 5 aromatic carbocycles. The normalized spacial score (nSPS) is 11.8. The van der Waals surface area contributed by atoms with Crippen LogP contribution in [0.5, 0.6) is 0 Å². The number of benzene rings is 5. The van der Waals surface area contributed by atoms with E-state index in [4.69, 9.17) is 14.4 Å². The zero-order valence-corrected chi connectivity index (χ0v) is 19.8. The average Bonchev–Trinajstić information content (AvgIpc) is 3.35. The van der Waals surface area contributed by atoms with Gasteiger partial charge in [-0.05, 0) is 42.5 Å². The molecule has 0 amide bonds. The van der Waals surface area contributed by atoms with Crippen LogP contribution < -0.4 is 0 Å². The largest absolute Gasteiger partial charge is 0.456 e. The number of aromatic nitrogens is 2. The monoisotopic (exact) mass is 472 g/mol. The third-order valence-corrected chi connectivity index (χ3v) is 7.23. The molecule has 0 fully saturated rings. The molecule has 3 heteroatoms. The van der Waals surface area contributed by atoms with Gasteiger partial charge in [0.1, 0.15) is 11.2 Å². The van der Waals surface area contributed by atoms with Crippen LogP contribution in [0.2, 0.25) is 0 Å². The van der Waals surface area contributed by atoms with Crippen LogP contribution >= 0.6 is 0 Å². The summed E-state index contributed by atoms with van der Waals surface area (Å²) >= 11 is 0. The quantitative estimate of drug-likeness (QED) is 0.235. The molecule has 0 saturated heterocycles. The van der Waals surface area contributed by atoms with Gasteiger partial charge >= 0.3 is 0 Å². The second kappa shape index (κ2) is 7.74. The Kier molecular flexibility index (Phi) is 4.23. The molecule has 8 rings (SSSR count). The van der Waals surface area contributed by atoms with E-state index in [2.05, 4.69) is 91.0 Å². The van der Waals surface area contributed by atoms with Crippen molar-refractivity contribution in [3.8, 4) is 22.5 Å². The van der Waals surface area contributed by atoms with Gasteiger partial charge in [0.25, 0.3) is 0 Å². The maximum atomic E-state index is 6.24. The molecule has 0 saturated carbocycles.